The molecule has 1 aromatic rings. The Hall–Kier alpha value is -1.72. The molecule has 1 aromatic carbocycles. The summed E-state index contributed by atoms with van der Waals surface area (Å²) in [5, 5.41) is 11.5. The predicted molar refractivity (Wildman–Crippen MR) is 123 cm³/mol. The topological polar surface area (TPSA) is 61.6 Å². The van der Waals surface area contributed by atoms with Crippen molar-refractivity contribution in [1.29, 1.82) is 0 Å². The van der Waals surface area contributed by atoms with Crippen molar-refractivity contribution in [3.05, 3.63) is 45.5 Å². The normalized spacial score (nSPS) is 16.8. The zero-order valence-electron chi connectivity index (χ0n) is 19.2. The molecule has 0 N–H and O–H groups in total. The monoisotopic (exact) mass is 417 g/mol. The smallest absolute Gasteiger partial charge is 0.273 e. The summed E-state index contributed by atoms with van der Waals surface area (Å²) < 4.78 is 10.9. The molecular formula is C25H39NO4. The maximum Gasteiger partial charge on any atom is 0.273 e. The van der Waals surface area contributed by atoms with Crippen LogP contribution in [-0.4, -0.2) is 24.9 Å². The van der Waals surface area contributed by atoms with E-state index in [1.807, 2.05) is 45.1 Å². The first-order valence-corrected chi connectivity index (χ1v) is 11.4. The molecule has 1 fully saturated rings. The van der Waals surface area contributed by atoms with Gasteiger partial charge in [0.15, 0.2) is 0 Å². The van der Waals surface area contributed by atoms with E-state index < -0.39 is 0 Å². The summed E-state index contributed by atoms with van der Waals surface area (Å²) >= 11 is 0. The van der Waals surface area contributed by atoms with Crippen molar-refractivity contribution < 1.29 is 14.4 Å². The fourth-order valence-corrected chi connectivity index (χ4v) is 4.30. The number of unbranched alkanes of at least 4 members (excludes halogenated alkanes) is 1. The number of benzene rings is 1. The lowest BCUT2D eigenvalue weighted by Crippen LogP contribution is -2.14. The summed E-state index contributed by atoms with van der Waals surface area (Å²) in [6, 6.07) is 5.47. The highest BCUT2D eigenvalue weighted by Gasteiger charge is 2.24. The molecule has 0 radical (unpaired) electrons. The maximum atomic E-state index is 11.5. The number of ether oxygens (including phenoxy) is 2. The second-order valence-electron chi connectivity index (χ2n) is 9.54. The first-order valence-electron chi connectivity index (χ1n) is 11.4. The third-order valence-corrected chi connectivity index (χ3v) is 6.01. The van der Waals surface area contributed by atoms with Crippen LogP contribution in [0.3, 0.4) is 0 Å². The van der Waals surface area contributed by atoms with Crippen LogP contribution >= 0.6 is 0 Å². The van der Waals surface area contributed by atoms with Crippen LogP contribution < -0.4 is 0 Å². The van der Waals surface area contributed by atoms with Gasteiger partial charge in [-0.1, -0.05) is 96.4 Å². The Kier molecular flexibility index (Phi) is 9.99. The third kappa shape index (κ3) is 8.19. The van der Waals surface area contributed by atoms with E-state index in [1.165, 1.54) is 44.9 Å². The van der Waals surface area contributed by atoms with Crippen molar-refractivity contribution in [2.75, 3.05) is 13.9 Å². The minimum absolute atomic E-state index is 0.0438. The van der Waals surface area contributed by atoms with Crippen molar-refractivity contribution in [2.45, 2.75) is 90.1 Å². The van der Waals surface area contributed by atoms with Gasteiger partial charge in [0.25, 0.3) is 5.69 Å². The van der Waals surface area contributed by atoms with Gasteiger partial charge in [0.1, 0.15) is 6.79 Å². The van der Waals surface area contributed by atoms with Crippen LogP contribution in [0.1, 0.15) is 89.7 Å². The van der Waals surface area contributed by atoms with Gasteiger partial charge in [-0.25, -0.2) is 0 Å². The number of rotatable bonds is 11. The molecule has 1 aliphatic rings. The van der Waals surface area contributed by atoms with Gasteiger partial charge in [-0.15, -0.1) is 0 Å². The van der Waals surface area contributed by atoms with Crippen LogP contribution in [0.15, 0.2) is 24.3 Å². The molecule has 5 heteroatoms. The number of hydrogen-bond donors (Lipinski definition) is 0. The van der Waals surface area contributed by atoms with E-state index in [1.54, 1.807) is 13.2 Å². The minimum atomic E-state index is -0.290. The summed E-state index contributed by atoms with van der Waals surface area (Å²) in [6.07, 6.45) is 15.5. The highest BCUT2D eigenvalue weighted by Crippen LogP contribution is 2.32. The Bertz CT molecular complexity index is 687. The Labute approximate surface area is 182 Å². The van der Waals surface area contributed by atoms with E-state index in [4.69, 9.17) is 9.47 Å². The van der Waals surface area contributed by atoms with Gasteiger partial charge in [0, 0.05) is 18.7 Å². The van der Waals surface area contributed by atoms with Crippen molar-refractivity contribution in [2.24, 2.45) is 5.92 Å². The van der Waals surface area contributed by atoms with Crippen LogP contribution in [0.2, 0.25) is 0 Å². The molecule has 30 heavy (non-hydrogen) atoms. The van der Waals surface area contributed by atoms with Gasteiger partial charge in [0.05, 0.1) is 11.0 Å². The third-order valence-electron chi connectivity index (χ3n) is 6.01. The Morgan fingerprint density at radius 3 is 2.57 bits per heavy atom. The van der Waals surface area contributed by atoms with Crippen LogP contribution in [0.5, 0.6) is 0 Å². The highest BCUT2D eigenvalue weighted by molar-refractivity contribution is 5.58. The molecule has 1 saturated carbocycles. The fourth-order valence-electron chi connectivity index (χ4n) is 4.30. The second-order valence-corrected chi connectivity index (χ2v) is 9.54. The number of methoxy groups -OCH3 is 1. The Balaban J connectivity index is 1.97. The molecule has 2 rings (SSSR count). The second kappa shape index (κ2) is 12.2. The van der Waals surface area contributed by atoms with Crippen LogP contribution in [0.25, 0.3) is 6.08 Å². The summed E-state index contributed by atoms with van der Waals surface area (Å²) in [7, 11) is 1.62. The molecular weight excluding hydrogens is 378 g/mol. The van der Waals surface area contributed by atoms with Crippen LogP contribution in [0, 0.1) is 16.0 Å². The van der Waals surface area contributed by atoms with Crippen molar-refractivity contribution in [3.8, 4) is 0 Å². The number of hydrogen-bond acceptors (Lipinski definition) is 4. The molecule has 168 valence electrons. The summed E-state index contributed by atoms with van der Waals surface area (Å²) in [6.45, 7) is 6.23. The minimum Gasteiger partial charge on any atom is -0.359 e. The van der Waals surface area contributed by atoms with E-state index in [0.29, 0.717) is 0 Å². The lowest BCUT2D eigenvalue weighted by atomic mass is 9.85. The molecule has 0 aromatic heterocycles. The van der Waals surface area contributed by atoms with Gasteiger partial charge >= 0.3 is 0 Å². The average Bonchev–Trinajstić information content (AvgIpc) is 2.72. The zero-order chi connectivity index (χ0) is 22.0. The SMILES string of the molecule is COCOC(C=Cc1ccc(C(C)(C)C)c([N+](=O)[O-])c1)CCCCC1CCCCC1. The lowest BCUT2D eigenvalue weighted by molar-refractivity contribution is -0.386. The molecule has 0 aliphatic heterocycles. The first-order chi connectivity index (χ1) is 14.3. The Morgan fingerprint density at radius 2 is 1.93 bits per heavy atom. The molecule has 0 heterocycles. The van der Waals surface area contributed by atoms with Gasteiger partial charge < -0.3 is 9.47 Å². The van der Waals surface area contributed by atoms with Gasteiger partial charge in [-0.2, -0.15) is 0 Å². The van der Waals surface area contributed by atoms with Crippen molar-refractivity contribution in [3.63, 3.8) is 0 Å². The standard InChI is InChI=1S/C25H39NO4/c1-25(2,3)23-17-15-21(18-24(23)26(27)28)14-16-22(30-19-29-4)13-9-8-12-20-10-6-5-7-11-20/h14-18,20,22H,5-13,19H2,1-4H3. The maximum absolute atomic E-state index is 11.5. The largest absolute Gasteiger partial charge is 0.359 e. The number of nitrogens with zero attached hydrogens (tertiary/aromatic N) is 1. The van der Waals surface area contributed by atoms with Crippen LogP contribution in [0.4, 0.5) is 5.69 Å². The number of nitro groups is 1. The average molecular weight is 418 g/mol. The van der Waals surface area contributed by atoms with Crippen molar-refractivity contribution in [1.82, 2.24) is 0 Å². The summed E-state index contributed by atoms with van der Waals surface area (Å²) in [4.78, 5) is 11.3. The van der Waals surface area contributed by atoms with Crippen molar-refractivity contribution >= 4 is 11.8 Å². The van der Waals surface area contributed by atoms with E-state index in [2.05, 4.69) is 0 Å². The predicted octanol–water partition coefficient (Wildman–Crippen LogP) is 7.04. The lowest BCUT2D eigenvalue weighted by Gasteiger charge is -2.21. The molecule has 1 atom stereocenters. The van der Waals surface area contributed by atoms with E-state index in [9.17, 15) is 10.1 Å². The van der Waals surface area contributed by atoms with Crippen LogP contribution in [-0.2, 0) is 14.9 Å². The molecule has 0 bridgehead atoms. The van der Waals surface area contributed by atoms with Gasteiger partial charge in [-0.3, -0.25) is 10.1 Å². The van der Waals surface area contributed by atoms with E-state index in [-0.39, 0.29) is 28.9 Å². The molecule has 0 amide bonds. The van der Waals surface area contributed by atoms with Gasteiger partial charge in [0.2, 0.25) is 0 Å². The highest BCUT2D eigenvalue weighted by atomic mass is 16.7. The first kappa shape index (κ1) is 24.5. The summed E-state index contributed by atoms with van der Waals surface area (Å²) in [5.74, 6) is 0.912. The van der Waals surface area contributed by atoms with Gasteiger partial charge in [-0.05, 0) is 23.3 Å². The molecule has 1 aliphatic carbocycles. The molecule has 0 saturated heterocycles. The quantitative estimate of drug-likeness (QED) is 0.168. The zero-order valence-corrected chi connectivity index (χ0v) is 19.2. The summed E-state index contributed by atoms with van der Waals surface area (Å²) in [5.41, 5.74) is 1.47. The molecule has 5 nitrogen and oxygen atoms in total. The van der Waals surface area contributed by atoms with E-state index in [0.717, 1.165) is 29.9 Å². The van der Waals surface area contributed by atoms with E-state index >= 15 is 0 Å². The number of nitro benzene ring substituents is 1. The molecule has 1 unspecified atom stereocenters. The Morgan fingerprint density at radius 1 is 1.20 bits per heavy atom. The fraction of sp³-hybridized carbons (Fsp3) is 0.680. The molecule has 0 spiro atoms.